The van der Waals surface area contributed by atoms with Crippen LogP contribution in [0.3, 0.4) is 0 Å². The van der Waals surface area contributed by atoms with Gasteiger partial charge in [0.25, 0.3) is 0 Å². The molecule has 3 fully saturated rings. The van der Waals surface area contributed by atoms with Gasteiger partial charge in [-0.25, -0.2) is 0 Å². The van der Waals surface area contributed by atoms with E-state index in [1.54, 1.807) is 0 Å². The molecular weight excluding hydrogens is 393 g/mol. The molecule has 1 saturated heterocycles. The molecule has 3 aliphatic rings. The number of guanidine groups is 1. The highest BCUT2D eigenvalue weighted by atomic mass is 127. The largest absolute Gasteiger partial charge is 0.370 e. The van der Waals surface area contributed by atoms with Crippen LogP contribution in [0.25, 0.3) is 0 Å². The molecule has 1 heterocycles. The Morgan fingerprint density at radius 2 is 2.00 bits per heavy atom. The maximum atomic E-state index is 6.15. The van der Waals surface area contributed by atoms with E-state index < -0.39 is 0 Å². The summed E-state index contributed by atoms with van der Waals surface area (Å²) in [7, 11) is 0. The first-order valence-corrected chi connectivity index (χ1v) is 8.51. The first kappa shape index (κ1) is 18.3. The van der Waals surface area contributed by atoms with E-state index in [1.165, 1.54) is 32.1 Å². The Labute approximate surface area is 150 Å². The zero-order valence-corrected chi connectivity index (χ0v) is 15.9. The maximum Gasteiger partial charge on any atom is 0.188 e. The standard InChI is InChI=1S/C16H29N3O2.HI/c1-12-5-7-16(8-6-12)20-11-14(21-16)10-19-15(17)18-9-13-3-2-4-13;/h12-14H,2-11H2,1H3,(H3,17,18,19);1H. The summed E-state index contributed by atoms with van der Waals surface area (Å²) in [5.74, 6) is 1.79. The Balaban J connectivity index is 0.00000176. The average Bonchev–Trinajstić information content (AvgIpc) is 2.82. The number of nitrogens with one attached hydrogen (secondary N) is 1. The Hall–Kier alpha value is -0.0800. The van der Waals surface area contributed by atoms with Gasteiger partial charge in [-0.05, 0) is 37.5 Å². The SMILES string of the molecule is CC1CCC2(CC1)OCC(CNC(N)=NCC1CCC1)O2.I. The van der Waals surface area contributed by atoms with Crippen LogP contribution in [0.4, 0.5) is 0 Å². The number of nitrogens with zero attached hydrogens (tertiary/aromatic N) is 1. The molecule has 128 valence electrons. The summed E-state index contributed by atoms with van der Waals surface area (Å²) in [6, 6.07) is 0. The van der Waals surface area contributed by atoms with E-state index in [4.69, 9.17) is 15.2 Å². The lowest BCUT2D eigenvalue weighted by Gasteiger charge is -2.34. The van der Waals surface area contributed by atoms with Crippen molar-refractivity contribution in [2.24, 2.45) is 22.6 Å². The maximum absolute atomic E-state index is 6.15. The number of aliphatic imine (C=N–C) groups is 1. The van der Waals surface area contributed by atoms with Gasteiger partial charge in [-0.3, -0.25) is 4.99 Å². The molecule has 2 aliphatic carbocycles. The van der Waals surface area contributed by atoms with Crippen LogP contribution >= 0.6 is 24.0 Å². The van der Waals surface area contributed by atoms with Gasteiger partial charge in [-0.2, -0.15) is 0 Å². The molecule has 3 rings (SSSR count). The monoisotopic (exact) mass is 423 g/mol. The predicted octanol–water partition coefficient (Wildman–Crippen LogP) is 2.63. The molecule has 6 heteroatoms. The molecule has 0 radical (unpaired) electrons. The molecule has 1 spiro atoms. The van der Waals surface area contributed by atoms with Crippen LogP contribution in [0.1, 0.15) is 51.9 Å². The van der Waals surface area contributed by atoms with E-state index >= 15 is 0 Å². The van der Waals surface area contributed by atoms with Crippen molar-refractivity contribution in [1.29, 1.82) is 0 Å². The summed E-state index contributed by atoms with van der Waals surface area (Å²) in [6.07, 6.45) is 8.49. The summed E-state index contributed by atoms with van der Waals surface area (Å²) in [6.45, 7) is 4.53. The molecule has 0 aromatic carbocycles. The second-order valence-electron chi connectivity index (χ2n) is 7.05. The zero-order chi connectivity index (χ0) is 14.7. The highest BCUT2D eigenvalue weighted by Crippen LogP contribution is 2.39. The van der Waals surface area contributed by atoms with Gasteiger partial charge < -0.3 is 20.5 Å². The van der Waals surface area contributed by atoms with Crippen LogP contribution in [-0.2, 0) is 9.47 Å². The molecule has 0 amide bonds. The van der Waals surface area contributed by atoms with Crippen molar-refractivity contribution in [3.63, 3.8) is 0 Å². The fourth-order valence-electron chi connectivity index (χ4n) is 3.36. The number of ether oxygens (including phenoxy) is 2. The third-order valence-corrected chi connectivity index (χ3v) is 5.21. The highest BCUT2D eigenvalue weighted by Gasteiger charge is 2.43. The van der Waals surface area contributed by atoms with Crippen molar-refractivity contribution in [3.8, 4) is 0 Å². The van der Waals surface area contributed by atoms with Gasteiger partial charge in [0.1, 0.15) is 6.10 Å². The minimum Gasteiger partial charge on any atom is -0.370 e. The summed E-state index contributed by atoms with van der Waals surface area (Å²) >= 11 is 0. The van der Waals surface area contributed by atoms with Gasteiger partial charge in [0.05, 0.1) is 6.61 Å². The lowest BCUT2D eigenvalue weighted by atomic mass is 9.86. The second-order valence-corrected chi connectivity index (χ2v) is 7.05. The van der Waals surface area contributed by atoms with Crippen LogP contribution in [0.15, 0.2) is 4.99 Å². The van der Waals surface area contributed by atoms with E-state index in [9.17, 15) is 0 Å². The fourth-order valence-corrected chi connectivity index (χ4v) is 3.36. The van der Waals surface area contributed by atoms with Gasteiger partial charge in [0.2, 0.25) is 0 Å². The average molecular weight is 423 g/mol. The second kappa shape index (κ2) is 8.15. The lowest BCUT2D eigenvalue weighted by molar-refractivity contribution is -0.191. The van der Waals surface area contributed by atoms with E-state index in [1.807, 2.05) is 0 Å². The molecule has 1 atom stereocenters. The van der Waals surface area contributed by atoms with E-state index in [0.29, 0.717) is 19.1 Å². The number of hydrogen-bond acceptors (Lipinski definition) is 3. The van der Waals surface area contributed by atoms with Gasteiger partial charge in [-0.15, -0.1) is 24.0 Å². The number of hydrogen-bond donors (Lipinski definition) is 2. The summed E-state index contributed by atoms with van der Waals surface area (Å²) in [5.41, 5.74) is 5.91. The molecular formula is C16H30IN3O2. The van der Waals surface area contributed by atoms with Crippen LogP contribution < -0.4 is 11.1 Å². The zero-order valence-electron chi connectivity index (χ0n) is 13.6. The summed E-state index contributed by atoms with van der Waals surface area (Å²) < 4.78 is 12.1. The summed E-state index contributed by atoms with van der Waals surface area (Å²) in [4.78, 5) is 4.41. The normalized spacial score (nSPS) is 36.0. The van der Waals surface area contributed by atoms with E-state index in [0.717, 1.165) is 31.2 Å². The third kappa shape index (κ3) is 4.71. The van der Waals surface area contributed by atoms with Crippen LogP contribution in [0.2, 0.25) is 0 Å². The first-order chi connectivity index (χ1) is 10.2. The Morgan fingerprint density at radius 1 is 1.27 bits per heavy atom. The quantitative estimate of drug-likeness (QED) is 0.415. The minimum atomic E-state index is -0.309. The van der Waals surface area contributed by atoms with Crippen molar-refractivity contribution in [1.82, 2.24) is 5.32 Å². The molecule has 3 N–H and O–H groups in total. The van der Waals surface area contributed by atoms with Crippen molar-refractivity contribution < 1.29 is 9.47 Å². The minimum absolute atomic E-state index is 0. The van der Waals surface area contributed by atoms with Gasteiger partial charge >= 0.3 is 0 Å². The topological polar surface area (TPSA) is 68.9 Å². The Kier molecular flexibility index (Phi) is 6.76. The van der Waals surface area contributed by atoms with Crippen molar-refractivity contribution in [2.45, 2.75) is 63.8 Å². The third-order valence-electron chi connectivity index (χ3n) is 5.21. The van der Waals surface area contributed by atoms with E-state index in [2.05, 4.69) is 17.2 Å². The number of rotatable bonds is 4. The predicted molar refractivity (Wildman–Crippen MR) is 98.4 cm³/mol. The van der Waals surface area contributed by atoms with Crippen molar-refractivity contribution >= 4 is 29.9 Å². The van der Waals surface area contributed by atoms with E-state index in [-0.39, 0.29) is 35.9 Å². The lowest BCUT2D eigenvalue weighted by Crippen LogP contribution is -2.40. The molecule has 0 bridgehead atoms. The first-order valence-electron chi connectivity index (χ1n) is 8.51. The molecule has 1 unspecified atom stereocenters. The van der Waals surface area contributed by atoms with Gasteiger partial charge in [-0.1, -0.05) is 13.3 Å². The van der Waals surface area contributed by atoms with Crippen LogP contribution in [-0.4, -0.2) is 37.5 Å². The molecule has 5 nitrogen and oxygen atoms in total. The van der Waals surface area contributed by atoms with Gasteiger partial charge in [0.15, 0.2) is 11.7 Å². The Bertz CT molecular complexity index is 380. The fraction of sp³-hybridized carbons (Fsp3) is 0.938. The number of halogens is 1. The summed E-state index contributed by atoms with van der Waals surface area (Å²) in [5, 5.41) is 3.18. The molecule has 2 saturated carbocycles. The smallest absolute Gasteiger partial charge is 0.188 e. The van der Waals surface area contributed by atoms with Crippen LogP contribution in [0.5, 0.6) is 0 Å². The van der Waals surface area contributed by atoms with Crippen molar-refractivity contribution in [3.05, 3.63) is 0 Å². The molecule has 0 aromatic rings. The number of nitrogens with two attached hydrogens (primary N) is 1. The van der Waals surface area contributed by atoms with Crippen molar-refractivity contribution in [2.75, 3.05) is 19.7 Å². The van der Waals surface area contributed by atoms with Crippen LogP contribution in [0, 0.1) is 11.8 Å². The Morgan fingerprint density at radius 3 is 2.64 bits per heavy atom. The molecule has 0 aromatic heterocycles. The molecule has 1 aliphatic heterocycles. The van der Waals surface area contributed by atoms with Gasteiger partial charge in [0, 0.05) is 25.9 Å². The highest BCUT2D eigenvalue weighted by molar-refractivity contribution is 14.0. The molecule has 22 heavy (non-hydrogen) atoms.